The summed E-state index contributed by atoms with van der Waals surface area (Å²) < 4.78 is 4.72. The fourth-order valence-electron chi connectivity index (χ4n) is 2.03. The minimum atomic E-state index is -0.700. The highest BCUT2D eigenvalue weighted by molar-refractivity contribution is 5.96. The smallest absolute Gasteiger partial charge is 0.356 e. The topological polar surface area (TPSA) is 113 Å². The van der Waals surface area contributed by atoms with E-state index in [1.807, 2.05) is 0 Å². The first-order chi connectivity index (χ1) is 9.65. The van der Waals surface area contributed by atoms with Crippen LogP contribution in [0.25, 0.3) is 0 Å². The van der Waals surface area contributed by atoms with Crippen LogP contribution in [-0.2, 0) is 9.53 Å². The van der Waals surface area contributed by atoms with Crippen molar-refractivity contribution in [2.45, 2.75) is 31.7 Å². The van der Waals surface area contributed by atoms with Gasteiger partial charge in [-0.3, -0.25) is 15.2 Å². The first-order valence-electron chi connectivity index (χ1n) is 6.42. The molecule has 0 aliphatic heterocycles. The van der Waals surface area contributed by atoms with Crippen LogP contribution in [0, 0.1) is 0 Å². The van der Waals surface area contributed by atoms with Gasteiger partial charge in [-0.2, -0.15) is 5.10 Å². The molecule has 1 fully saturated rings. The monoisotopic (exact) mass is 280 g/mol. The molecule has 1 aromatic heterocycles. The van der Waals surface area contributed by atoms with Crippen LogP contribution in [0.5, 0.6) is 0 Å². The number of hydrogen-bond acceptors (Lipinski definition) is 5. The van der Waals surface area contributed by atoms with E-state index in [-0.39, 0.29) is 11.7 Å². The highest BCUT2D eigenvalue weighted by Gasteiger charge is 2.18. The van der Waals surface area contributed by atoms with Crippen LogP contribution in [0.2, 0.25) is 0 Å². The number of amides is 3. The van der Waals surface area contributed by atoms with Gasteiger partial charge in [0.25, 0.3) is 5.91 Å². The SMILES string of the molecule is O=C(COC(=O)c1ccn[nH]1)NC(=O)NC1CCCC1. The summed E-state index contributed by atoms with van der Waals surface area (Å²) in [6, 6.07) is 0.988. The Labute approximate surface area is 115 Å². The molecule has 8 heteroatoms. The number of urea groups is 1. The number of nitrogens with one attached hydrogen (secondary N) is 3. The maximum absolute atomic E-state index is 11.5. The summed E-state index contributed by atoms with van der Waals surface area (Å²) in [4.78, 5) is 34.3. The second-order valence-electron chi connectivity index (χ2n) is 4.55. The Morgan fingerprint density at radius 3 is 2.75 bits per heavy atom. The van der Waals surface area contributed by atoms with Gasteiger partial charge in [0, 0.05) is 12.2 Å². The predicted molar refractivity (Wildman–Crippen MR) is 67.8 cm³/mol. The molecule has 0 atom stereocenters. The van der Waals surface area contributed by atoms with E-state index < -0.39 is 24.5 Å². The molecule has 0 radical (unpaired) electrons. The van der Waals surface area contributed by atoms with Crippen molar-refractivity contribution in [3.8, 4) is 0 Å². The number of nitrogens with zero attached hydrogens (tertiary/aromatic N) is 1. The zero-order valence-electron chi connectivity index (χ0n) is 10.8. The Morgan fingerprint density at radius 1 is 1.35 bits per heavy atom. The van der Waals surface area contributed by atoms with E-state index in [0.717, 1.165) is 25.7 Å². The minimum absolute atomic E-state index is 0.121. The summed E-state index contributed by atoms with van der Waals surface area (Å²) >= 11 is 0. The van der Waals surface area contributed by atoms with Gasteiger partial charge in [-0.15, -0.1) is 0 Å². The molecule has 2 rings (SSSR count). The first kappa shape index (κ1) is 14.0. The number of ether oxygens (including phenoxy) is 1. The average Bonchev–Trinajstić information content (AvgIpc) is 3.08. The Balaban J connectivity index is 1.67. The van der Waals surface area contributed by atoms with Crippen LogP contribution in [-0.4, -0.2) is 40.8 Å². The summed E-state index contributed by atoms with van der Waals surface area (Å²) in [5.74, 6) is -1.37. The summed E-state index contributed by atoms with van der Waals surface area (Å²) in [7, 11) is 0. The lowest BCUT2D eigenvalue weighted by atomic mass is 10.2. The maximum atomic E-state index is 11.5. The molecule has 1 heterocycles. The molecular formula is C12H16N4O4. The Morgan fingerprint density at radius 2 is 2.10 bits per heavy atom. The van der Waals surface area contributed by atoms with Gasteiger partial charge in [-0.05, 0) is 18.9 Å². The lowest BCUT2D eigenvalue weighted by Gasteiger charge is -2.12. The van der Waals surface area contributed by atoms with E-state index >= 15 is 0 Å². The molecule has 0 unspecified atom stereocenters. The normalized spacial score (nSPS) is 14.8. The second-order valence-corrected chi connectivity index (χ2v) is 4.55. The van der Waals surface area contributed by atoms with Gasteiger partial charge in [0.05, 0.1) is 0 Å². The number of aromatic nitrogens is 2. The largest absolute Gasteiger partial charge is 0.451 e. The first-order valence-corrected chi connectivity index (χ1v) is 6.42. The van der Waals surface area contributed by atoms with Gasteiger partial charge in [0.1, 0.15) is 5.69 Å². The third-order valence-electron chi connectivity index (χ3n) is 3.00. The summed E-state index contributed by atoms with van der Waals surface area (Å²) in [6.45, 7) is -0.518. The molecule has 0 bridgehead atoms. The molecule has 1 saturated carbocycles. The third kappa shape index (κ3) is 4.08. The number of rotatable bonds is 4. The Hall–Kier alpha value is -2.38. The fourth-order valence-corrected chi connectivity index (χ4v) is 2.03. The lowest BCUT2D eigenvalue weighted by Crippen LogP contribution is -2.45. The molecule has 20 heavy (non-hydrogen) atoms. The van der Waals surface area contributed by atoms with Crippen molar-refractivity contribution in [3.05, 3.63) is 18.0 Å². The van der Waals surface area contributed by atoms with Crippen molar-refractivity contribution < 1.29 is 19.1 Å². The standard InChI is InChI=1S/C12H16N4O4/c17-10(7-20-11(18)9-5-6-13-16-9)15-12(19)14-8-3-1-2-4-8/h5-6,8H,1-4,7H2,(H,13,16)(H2,14,15,17,19). The molecule has 1 aliphatic carbocycles. The lowest BCUT2D eigenvalue weighted by molar-refractivity contribution is -0.123. The number of carbonyl (C=O) groups excluding carboxylic acids is 3. The van der Waals surface area contributed by atoms with Crippen molar-refractivity contribution in [2.24, 2.45) is 0 Å². The fraction of sp³-hybridized carbons (Fsp3) is 0.500. The van der Waals surface area contributed by atoms with E-state index in [9.17, 15) is 14.4 Å². The molecule has 3 N–H and O–H groups in total. The molecule has 3 amide bonds. The summed E-state index contributed by atoms with van der Waals surface area (Å²) in [6.07, 6.45) is 5.42. The number of H-pyrrole nitrogens is 1. The predicted octanol–water partition coefficient (Wildman–Crippen LogP) is 0.335. The highest BCUT2D eigenvalue weighted by Crippen LogP contribution is 2.17. The van der Waals surface area contributed by atoms with E-state index in [2.05, 4.69) is 20.8 Å². The molecule has 1 aliphatic rings. The Bertz CT molecular complexity index is 480. The van der Waals surface area contributed by atoms with Gasteiger partial charge < -0.3 is 10.1 Å². The van der Waals surface area contributed by atoms with Crippen molar-refractivity contribution >= 4 is 17.9 Å². The highest BCUT2D eigenvalue weighted by atomic mass is 16.5. The van der Waals surface area contributed by atoms with Crippen molar-refractivity contribution in [3.63, 3.8) is 0 Å². The van der Waals surface area contributed by atoms with Gasteiger partial charge in [-0.25, -0.2) is 9.59 Å². The number of esters is 1. The maximum Gasteiger partial charge on any atom is 0.356 e. The second kappa shape index (κ2) is 6.69. The van der Waals surface area contributed by atoms with Crippen LogP contribution < -0.4 is 10.6 Å². The van der Waals surface area contributed by atoms with Crippen molar-refractivity contribution in [1.29, 1.82) is 0 Å². The van der Waals surface area contributed by atoms with Gasteiger partial charge in [0.2, 0.25) is 0 Å². The summed E-state index contributed by atoms with van der Waals surface area (Å²) in [5, 5.41) is 10.8. The van der Waals surface area contributed by atoms with E-state index in [1.54, 1.807) is 0 Å². The van der Waals surface area contributed by atoms with Gasteiger partial charge in [-0.1, -0.05) is 12.8 Å². The Kier molecular flexibility index (Phi) is 4.70. The van der Waals surface area contributed by atoms with E-state index in [1.165, 1.54) is 12.3 Å². The minimum Gasteiger partial charge on any atom is -0.451 e. The molecule has 0 spiro atoms. The molecule has 8 nitrogen and oxygen atoms in total. The average molecular weight is 280 g/mol. The van der Waals surface area contributed by atoms with Gasteiger partial charge in [0.15, 0.2) is 6.61 Å². The van der Waals surface area contributed by atoms with Crippen LogP contribution in [0.4, 0.5) is 4.79 Å². The van der Waals surface area contributed by atoms with Crippen LogP contribution in [0.15, 0.2) is 12.3 Å². The number of hydrogen-bond donors (Lipinski definition) is 3. The molecule has 108 valence electrons. The van der Waals surface area contributed by atoms with Crippen molar-refractivity contribution in [1.82, 2.24) is 20.8 Å². The molecular weight excluding hydrogens is 264 g/mol. The number of aromatic amines is 1. The van der Waals surface area contributed by atoms with E-state index in [4.69, 9.17) is 4.74 Å². The zero-order valence-corrected chi connectivity index (χ0v) is 10.8. The molecule has 1 aromatic rings. The molecule has 0 saturated heterocycles. The van der Waals surface area contributed by atoms with Gasteiger partial charge >= 0.3 is 12.0 Å². The van der Waals surface area contributed by atoms with Crippen LogP contribution >= 0.6 is 0 Å². The third-order valence-corrected chi connectivity index (χ3v) is 3.00. The zero-order chi connectivity index (χ0) is 14.4. The molecule has 0 aromatic carbocycles. The quantitative estimate of drug-likeness (QED) is 0.688. The van der Waals surface area contributed by atoms with E-state index in [0.29, 0.717) is 0 Å². The van der Waals surface area contributed by atoms with Crippen molar-refractivity contribution in [2.75, 3.05) is 6.61 Å². The number of carbonyl (C=O) groups is 3. The number of imide groups is 1. The van der Waals surface area contributed by atoms with Crippen LogP contribution in [0.1, 0.15) is 36.2 Å². The summed E-state index contributed by atoms with van der Waals surface area (Å²) in [5.41, 5.74) is 0.146. The van der Waals surface area contributed by atoms with Crippen LogP contribution in [0.3, 0.4) is 0 Å².